The first-order valence-electron chi connectivity index (χ1n) is 32.0. The number of aliphatic hydroxyl groups is 1. The Kier molecular flexibility index (Phi) is 55.0. The van der Waals surface area contributed by atoms with E-state index in [1.165, 1.54) is 244 Å². The third-order valence-corrected chi connectivity index (χ3v) is 15.5. The van der Waals surface area contributed by atoms with Crippen LogP contribution in [-0.2, 0) is 18.4 Å². The first kappa shape index (κ1) is 72.5. The molecule has 0 bridgehead atoms. The normalized spacial score (nSPS) is 14.1. The Morgan fingerprint density at radius 2 is 0.784 bits per heavy atom. The topological polar surface area (TPSA) is 105 Å². The van der Waals surface area contributed by atoms with E-state index in [0.29, 0.717) is 17.4 Å². The average molecular weight is 1060 g/mol. The summed E-state index contributed by atoms with van der Waals surface area (Å²) < 4.78 is 23.7. The number of likely N-dealkylation sites (N-methyl/N-ethyl adjacent to an activating group) is 1. The summed E-state index contributed by atoms with van der Waals surface area (Å²) in [7, 11) is 1.56. The number of nitrogens with one attached hydrogen (secondary N) is 1. The molecule has 0 saturated heterocycles. The number of nitrogens with zero attached hydrogens (tertiary/aromatic N) is 1. The SMILES string of the molecule is CCCCCCC/C=C\C/C=C\CCCCCCCCCCCCCCCCCCCCCCCCCC(=O)NC(COP(=O)(O)OCC[N+](C)(C)C)C(O)/C=C/CC/C=C/CCCCCCCCCCCCC. The largest absolute Gasteiger partial charge is 0.472 e. The minimum Gasteiger partial charge on any atom is -0.387 e. The zero-order valence-electron chi connectivity index (χ0n) is 49.8. The molecule has 0 spiro atoms. The summed E-state index contributed by atoms with van der Waals surface area (Å²) in [6.45, 7) is 4.82. The number of carbonyl (C=O) groups is 1. The third kappa shape index (κ3) is 58.1. The summed E-state index contributed by atoms with van der Waals surface area (Å²) in [6.07, 6.45) is 75.3. The Morgan fingerprint density at radius 1 is 0.459 bits per heavy atom. The minimum absolute atomic E-state index is 0.0573. The highest BCUT2D eigenvalue weighted by Crippen LogP contribution is 2.43. The van der Waals surface area contributed by atoms with Gasteiger partial charge < -0.3 is 19.8 Å². The zero-order valence-corrected chi connectivity index (χ0v) is 50.7. The van der Waals surface area contributed by atoms with Crippen LogP contribution in [0.3, 0.4) is 0 Å². The second kappa shape index (κ2) is 56.2. The maximum atomic E-state index is 13.0. The Morgan fingerprint density at radius 3 is 1.16 bits per heavy atom. The van der Waals surface area contributed by atoms with E-state index in [1.807, 2.05) is 27.2 Å². The van der Waals surface area contributed by atoms with Crippen LogP contribution >= 0.6 is 7.82 Å². The van der Waals surface area contributed by atoms with E-state index in [0.717, 1.165) is 44.9 Å². The maximum absolute atomic E-state index is 13.0. The molecule has 3 atom stereocenters. The number of hydrogen-bond acceptors (Lipinski definition) is 5. The molecular formula is C65H126N2O6P+. The van der Waals surface area contributed by atoms with Gasteiger partial charge in [-0.25, -0.2) is 4.57 Å². The lowest BCUT2D eigenvalue weighted by Gasteiger charge is -2.25. The van der Waals surface area contributed by atoms with E-state index in [9.17, 15) is 19.4 Å². The van der Waals surface area contributed by atoms with Crippen molar-refractivity contribution in [2.24, 2.45) is 0 Å². The van der Waals surface area contributed by atoms with Crippen LogP contribution in [0.1, 0.15) is 309 Å². The van der Waals surface area contributed by atoms with Crippen molar-refractivity contribution in [3.05, 3.63) is 48.6 Å². The highest BCUT2D eigenvalue weighted by Gasteiger charge is 2.27. The molecule has 8 nitrogen and oxygen atoms in total. The fourth-order valence-electron chi connectivity index (χ4n) is 9.50. The number of hydrogen-bond donors (Lipinski definition) is 3. The van der Waals surface area contributed by atoms with E-state index in [2.05, 4.69) is 55.6 Å². The molecule has 0 fully saturated rings. The summed E-state index contributed by atoms with van der Waals surface area (Å²) >= 11 is 0. The Bertz CT molecular complexity index is 1340. The number of carbonyl (C=O) groups excluding carboxylic acids is 1. The number of allylic oxidation sites excluding steroid dienone is 7. The smallest absolute Gasteiger partial charge is 0.387 e. The molecule has 0 aliphatic carbocycles. The van der Waals surface area contributed by atoms with E-state index >= 15 is 0 Å². The molecule has 0 radical (unpaired) electrons. The molecule has 0 saturated carbocycles. The number of amides is 1. The van der Waals surface area contributed by atoms with Gasteiger partial charge in [0, 0.05) is 6.42 Å². The van der Waals surface area contributed by atoms with Crippen LogP contribution in [-0.4, -0.2) is 73.4 Å². The van der Waals surface area contributed by atoms with Crippen molar-refractivity contribution in [1.82, 2.24) is 5.32 Å². The molecule has 0 aromatic carbocycles. The van der Waals surface area contributed by atoms with Crippen LogP contribution in [0, 0.1) is 0 Å². The van der Waals surface area contributed by atoms with Gasteiger partial charge in [0.1, 0.15) is 13.2 Å². The fraction of sp³-hybridized carbons (Fsp3) is 0.862. The fourth-order valence-corrected chi connectivity index (χ4v) is 10.2. The van der Waals surface area contributed by atoms with Crippen LogP contribution in [0.5, 0.6) is 0 Å². The number of aliphatic hydroxyl groups excluding tert-OH is 1. The van der Waals surface area contributed by atoms with Gasteiger partial charge >= 0.3 is 7.82 Å². The molecule has 9 heteroatoms. The lowest BCUT2D eigenvalue weighted by molar-refractivity contribution is -0.870. The van der Waals surface area contributed by atoms with Crippen molar-refractivity contribution >= 4 is 13.7 Å². The van der Waals surface area contributed by atoms with E-state index < -0.39 is 20.0 Å². The molecule has 0 aliphatic heterocycles. The lowest BCUT2D eigenvalue weighted by Crippen LogP contribution is -2.45. The van der Waals surface area contributed by atoms with Crippen LogP contribution < -0.4 is 5.32 Å². The lowest BCUT2D eigenvalue weighted by atomic mass is 10.0. The molecule has 0 aromatic rings. The van der Waals surface area contributed by atoms with Crippen molar-refractivity contribution in [2.45, 2.75) is 321 Å². The van der Waals surface area contributed by atoms with Gasteiger partial charge in [-0.1, -0.05) is 287 Å². The Labute approximate surface area is 460 Å². The van der Waals surface area contributed by atoms with Crippen LogP contribution in [0.4, 0.5) is 0 Å². The molecule has 3 unspecified atom stereocenters. The second-order valence-corrected chi connectivity index (χ2v) is 24.6. The molecule has 0 heterocycles. The van der Waals surface area contributed by atoms with Crippen molar-refractivity contribution in [1.29, 1.82) is 0 Å². The molecule has 0 aromatic heterocycles. The van der Waals surface area contributed by atoms with Crippen LogP contribution in [0.25, 0.3) is 0 Å². The number of rotatable bonds is 59. The quantitative estimate of drug-likeness (QED) is 0.0243. The van der Waals surface area contributed by atoms with Gasteiger partial charge in [-0.15, -0.1) is 0 Å². The number of phosphoric acid groups is 1. The second-order valence-electron chi connectivity index (χ2n) is 23.1. The summed E-state index contributed by atoms with van der Waals surface area (Å²) in [5.74, 6) is -0.182. The van der Waals surface area contributed by atoms with Gasteiger partial charge in [-0.05, 0) is 64.2 Å². The first-order valence-corrected chi connectivity index (χ1v) is 33.5. The van der Waals surface area contributed by atoms with Crippen molar-refractivity contribution < 1.29 is 32.9 Å². The summed E-state index contributed by atoms with van der Waals surface area (Å²) in [5.41, 5.74) is 0. The van der Waals surface area contributed by atoms with Gasteiger partial charge in [0.25, 0.3) is 0 Å². The molecule has 0 rings (SSSR count). The molecule has 74 heavy (non-hydrogen) atoms. The summed E-state index contributed by atoms with van der Waals surface area (Å²) in [5, 5.41) is 13.9. The van der Waals surface area contributed by atoms with Crippen molar-refractivity contribution in [2.75, 3.05) is 40.9 Å². The monoisotopic (exact) mass is 1060 g/mol. The summed E-state index contributed by atoms with van der Waals surface area (Å²) in [6, 6.07) is -0.862. The van der Waals surface area contributed by atoms with Gasteiger partial charge in [0.05, 0.1) is 39.9 Å². The Hall–Kier alpha value is -1.54. The molecule has 0 aliphatic rings. The highest BCUT2D eigenvalue weighted by molar-refractivity contribution is 7.47. The van der Waals surface area contributed by atoms with Crippen molar-refractivity contribution in [3.63, 3.8) is 0 Å². The number of phosphoric ester groups is 1. The van der Waals surface area contributed by atoms with Crippen LogP contribution in [0.15, 0.2) is 48.6 Å². The molecule has 1 amide bonds. The predicted octanol–water partition coefficient (Wildman–Crippen LogP) is 19.9. The van der Waals surface area contributed by atoms with Gasteiger partial charge in [-0.3, -0.25) is 13.8 Å². The molecule has 3 N–H and O–H groups in total. The zero-order chi connectivity index (χ0) is 54.2. The third-order valence-electron chi connectivity index (χ3n) is 14.5. The van der Waals surface area contributed by atoms with E-state index in [-0.39, 0.29) is 19.1 Å². The minimum atomic E-state index is -4.35. The number of quaternary nitrogens is 1. The number of unbranched alkanes of at least 4 members (excludes halogenated alkanes) is 40. The first-order chi connectivity index (χ1) is 36.0. The maximum Gasteiger partial charge on any atom is 0.472 e. The van der Waals surface area contributed by atoms with Crippen LogP contribution in [0.2, 0.25) is 0 Å². The standard InChI is InChI=1S/C65H125N2O6P/c1-6-8-10-12-14-16-18-20-22-24-25-26-27-28-29-30-31-32-33-34-35-36-37-38-39-40-41-43-45-47-49-51-53-55-57-59-65(69)66-63(62-73-74(70,71)72-61-60-67(3,4)5)64(68)58-56-54-52-50-48-46-44-42-23-21-19-17-15-13-11-9-7-2/h18,20,24-25,48,50,56,58,63-64,68H,6-17,19,21-23,26-47,49,51-55,57,59-62H2,1-5H3,(H-,66,69,70,71)/p+1/b20-18-,25-24-,50-48+,58-56+. The highest BCUT2D eigenvalue weighted by atomic mass is 31.2. The summed E-state index contributed by atoms with van der Waals surface area (Å²) in [4.78, 5) is 23.3. The van der Waals surface area contributed by atoms with Crippen molar-refractivity contribution in [3.8, 4) is 0 Å². The van der Waals surface area contributed by atoms with E-state index in [4.69, 9.17) is 9.05 Å². The molecule has 436 valence electrons. The van der Waals surface area contributed by atoms with Gasteiger partial charge in [-0.2, -0.15) is 0 Å². The predicted molar refractivity (Wildman–Crippen MR) is 323 cm³/mol. The van der Waals surface area contributed by atoms with Gasteiger partial charge in [0.15, 0.2) is 0 Å². The average Bonchev–Trinajstić information content (AvgIpc) is 3.36. The van der Waals surface area contributed by atoms with E-state index in [1.54, 1.807) is 6.08 Å². The Balaban J connectivity index is 4.01. The molecular weight excluding hydrogens is 936 g/mol. The van der Waals surface area contributed by atoms with Gasteiger partial charge in [0.2, 0.25) is 5.91 Å².